The maximum atomic E-state index is 4.97. The van der Waals surface area contributed by atoms with Gasteiger partial charge in [0.1, 0.15) is 0 Å². The van der Waals surface area contributed by atoms with E-state index >= 15 is 0 Å². The Balaban J connectivity index is 1.79. The molecule has 1 saturated heterocycles. The highest BCUT2D eigenvalue weighted by Gasteiger charge is 2.24. The van der Waals surface area contributed by atoms with Crippen LogP contribution in [0.3, 0.4) is 0 Å². The summed E-state index contributed by atoms with van der Waals surface area (Å²) in [5.74, 6) is 0. The topological polar surface area (TPSA) is 28.2 Å². The van der Waals surface area contributed by atoms with Gasteiger partial charge in [0.2, 0.25) is 0 Å². The van der Waals surface area contributed by atoms with Crippen LogP contribution in [0.15, 0.2) is 66.7 Å². The Kier molecular flexibility index (Phi) is 4.05. The van der Waals surface area contributed by atoms with Crippen LogP contribution in [0.1, 0.15) is 17.3 Å². The van der Waals surface area contributed by atoms with E-state index in [4.69, 9.17) is 4.98 Å². The van der Waals surface area contributed by atoms with Crippen molar-refractivity contribution >= 4 is 10.9 Å². The summed E-state index contributed by atoms with van der Waals surface area (Å²) in [7, 11) is 0. The average Bonchev–Trinajstić information content (AvgIpc) is 2.64. The largest absolute Gasteiger partial charge is 0.314 e. The quantitative estimate of drug-likeness (QED) is 0.805. The molecule has 1 fully saturated rings. The third kappa shape index (κ3) is 2.98. The van der Waals surface area contributed by atoms with E-state index in [-0.39, 0.29) is 6.04 Å². The molecular weight excluding hydrogens is 282 g/mol. The van der Waals surface area contributed by atoms with Crippen LogP contribution < -0.4 is 5.32 Å². The summed E-state index contributed by atoms with van der Waals surface area (Å²) < 4.78 is 0. The first-order chi connectivity index (χ1) is 11.4. The number of benzene rings is 2. The molecule has 1 aliphatic heterocycles. The van der Waals surface area contributed by atoms with Crippen molar-refractivity contribution in [1.82, 2.24) is 15.2 Å². The molecule has 0 amide bonds. The lowest BCUT2D eigenvalue weighted by Gasteiger charge is -2.35. The van der Waals surface area contributed by atoms with Gasteiger partial charge < -0.3 is 5.32 Å². The second kappa shape index (κ2) is 6.49. The zero-order chi connectivity index (χ0) is 15.5. The number of nitrogens with zero attached hydrogens (tertiary/aromatic N) is 2. The Morgan fingerprint density at radius 1 is 0.826 bits per heavy atom. The highest BCUT2D eigenvalue weighted by molar-refractivity contribution is 5.78. The molecule has 0 radical (unpaired) electrons. The van der Waals surface area contributed by atoms with Crippen LogP contribution in [0.4, 0.5) is 0 Å². The minimum atomic E-state index is 0.225. The molecule has 3 aromatic rings. The number of hydrogen-bond acceptors (Lipinski definition) is 3. The maximum absolute atomic E-state index is 4.97. The zero-order valence-corrected chi connectivity index (χ0v) is 13.2. The van der Waals surface area contributed by atoms with Crippen molar-refractivity contribution < 1.29 is 0 Å². The van der Waals surface area contributed by atoms with Crippen LogP contribution in [-0.4, -0.2) is 36.1 Å². The first kappa shape index (κ1) is 14.4. The fourth-order valence-corrected chi connectivity index (χ4v) is 3.38. The predicted octanol–water partition coefficient (Wildman–Crippen LogP) is 3.23. The Hall–Kier alpha value is -2.23. The van der Waals surface area contributed by atoms with E-state index in [9.17, 15) is 0 Å². The van der Waals surface area contributed by atoms with Gasteiger partial charge in [-0.05, 0) is 17.7 Å². The summed E-state index contributed by atoms with van der Waals surface area (Å²) >= 11 is 0. The van der Waals surface area contributed by atoms with Gasteiger partial charge in [-0.15, -0.1) is 0 Å². The van der Waals surface area contributed by atoms with Crippen LogP contribution in [0.5, 0.6) is 0 Å². The highest BCUT2D eigenvalue weighted by Crippen LogP contribution is 2.28. The Labute approximate surface area is 137 Å². The molecule has 0 aliphatic carbocycles. The summed E-state index contributed by atoms with van der Waals surface area (Å²) in [5.41, 5.74) is 3.52. The molecule has 116 valence electrons. The highest BCUT2D eigenvalue weighted by atomic mass is 15.2. The number of aromatic nitrogens is 1. The molecular formula is C20H21N3. The van der Waals surface area contributed by atoms with E-state index in [0.717, 1.165) is 37.4 Å². The third-order valence-electron chi connectivity index (χ3n) is 4.53. The lowest BCUT2D eigenvalue weighted by atomic mass is 10.00. The molecule has 1 N–H and O–H groups in total. The lowest BCUT2D eigenvalue weighted by molar-refractivity contribution is 0.196. The summed E-state index contributed by atoms with van der Waals surface area (Å²) in [6.07, 6.45) is 0. The van der Waals surface area contributed by atoms with Gasteiger partial charge in [0, 0.05) is 31.6 Å². The molecule has 0 spiro atoms. The normalized spacial score (nSPS) is 17.2. The molecule has 23 heavy (non-hydrogen) atoms. The van der Waals surface area contributed by atoms with Gasteiger partial charge in [0.05, 0.1) is 17.3 Å². The van der Waals surface area contributed by atoms with Crippen molar-refractivity contribution in [2.24, 2.45) is 0 Å². The fourth-order valence-electron chi connectivity index (χ4n) is 3.38. The summed E-state index contributed by atoms with van der Waals surface area (Å²) in [6.45, 7) is 4.18. The predicted molar refractivity (Wildman–Crippen MR) is 94.5 cm³/mol. The van der Waals surface area contributed by atoms with Crippen LogP contribution in [0.2, 0.25) is 0 Å². The fraction of sp³-hybridized carbons (Fsp3) is 0.250. The molecule has 1 unspecified atom stereocenters. The molecule has 1 aromatic heterocycles. The lowest BCUT2D eigenvalue weighted by Crippen LogP contribution is -2.45. The van der Waals surface area contributed by atoms with Gasteiger partial charge >= 0.3 is 0 Å². The number of pyridine rings is 1. The monoisotopic (exact) mass is 303 g/mol. The maximum Gasteiger partial charge on any atom is 0.0777 e. The zero-order valence-electron chi connectivity index (χ0n) is 13.2. The first-order valence-corrected chi connectivity index (χ1v) is 8.27. The van der Waals surface area contributed by atoms with Gasteiger partial charge in [-0.3, -0.25) is 9.88 Å². The molecule has 2 heterocycles. The average molecular weight is 303 g/mol. The van der Waals surface area contributed by atoms with E-state index in [0.29, 0.717) is 0 Å². The van der Waals surface area contributed by atoms with Crippen LogP contribution in [0.25, 0.3) is 10.9 Å². The van der Waals surface area contributed by atoms with E-state index in [2.05, 4.69) is 76.9 Å². The van der Waals surface area contributed by atoms with Gasteiger partial charge in [-0.25, -0.2) is 0 Å². The van der Waals surface area contributed by atoms with Gasteiger partial charge in [-0.1, -0.05) is 54.6 Å². The number of fused-ring (bicyclic) bond motifs is 1. The van der Waals surface area contributed by atoms with Crippen LogP contribution >= 0.6 is 0 Å². The van der Waals surface area contributed by atoms with Crippen molar-refractivity contribution in [3.63, 3.8) is 0 Å². The van der Waals surface area contributed by atoms with Crippen molar-refractivity contribution in [1.29, 1.82) is 0 Å². The summed E-state index contributed by atoms with van der Waals surface area (Å²) in [4.78, 5) is 7.50. The molecule has 1 atom stereocenters. The summed E-state index contributed by atoms with van der Waals surface area (Å²) in [6, 6.07) is 23.7. The molecule has 4 rings (SSSR count). The van der Waals surface area contributed by atoms with E-state index < -0.39 is 0 Å². The van der Waals surface area contributed by atoms with E-state index in [1.54, 1.807) is 0 Å². The Morgan fingerprint density at radius 2 is 1.57 bits per heavy atom. The molecule has 2 aromatic carbocycles. The molecule has 3 heteroatoms. The molecule has 0 bridgehead atoms. The molecule has 3 nitrogen and oxygen atoms in total. The summed E-state index contributed by atoms with van der Waals surface area (Å²) in [5, 5.41) is 4.64. The number of hydrogen-bond donors (Lipinski definition) is 1. The number of para-hydroxylation sites is 1. The Morgan fingerprint density at radius 3 is 2.39 bits per heavy atom. The second-order valence-corrected chi connectivity index (χ2v) is 6.03. The minimum Gasteiger partial charge on any atom is -0.314 e. The third-order valence-corrected chi connectivity index (χ3v) is 4.53. The number of nitrogens with one attached hydrogen (secondary N) is 1. The van der Waals surface area contributed by atoms with Crippen molar-refractivity contribution in [2.45, 2.75) is 6.04 Å². The number of rotatable bonds is 3. The minimum absolute atomic E-state index is 0.225. The second-order valence-electron chi connectivity index (χ2n) is 6.03. The van der Waals surface area contributed by atoms with Crippen molar-refractivity contribution in [3.05, 3.63) is 78.0 Å². The standard InChI is InChI=1S/C20H21N3/c1-2-7-17(8-3-1)20(23-14-12-21-13-15-23)19-11-10-16-6-4-5-9-18(16)22-19/h1-11,20-21H,12-15H2. The first-order valence-electron chi connectivity index (χ1n) is 8.27. The van der Waals surface area contributed by atoms with Gasteiger partial charge in [0.25, 0.3) is 0 Å². The molecule has 1 aliphatic rings. The van der Waals surface area contributed by atoms with Crippen molar-refractivity contribution in [3.8, 4) is 0 Å². The Bertz CT molecular complexity index is 779. The SMILES string of the molecule is c1ccc(C(c2ccc3ccccc3n2)N2CCNCC2)cc1. The van der Waals surface area contributed by atoms with Crippen LogP contribution in [-0.2, 0) is 0 Å². The van der Waals surface area contributed by atoms with Gasteiger partial charge in [-0.2, -0.15) is 0 Å². The smallest absolute Gasteiger partial charge is 0.0777 e. The number of piperazine rings is 1. The van der Waals surface area contributed by atoms with E-state index in [1.807, 2.05) is 0 Å². The van der Waals surface area contributed by atoms with E-state index in [1.165, 1.54) is 10.9 Å². The van der Waals surface area contributed by atoms with Crippen LogP contribution in [0, 0.1) is 0 Å². The molecule has 0 saturated carbocycles. The van der Waals surface area contributed by atoms with Crippen molar-refractivity contribution in [2.75, 3.05) is 26.2 Å². The van der Waals surface area contributed by atoms with Gasteiger partial charge in [0.15, 0.2) is 0 Å².